The highest BCUT2D eigenvalue weighted by atomic mass is 16.4. The number of rotatable bonds is 5. The molecule has 0 aliphatic carbocycles. The summed E-state index contributed by atoms with van der Waals surface area (Å²) < 4.78 is 12.3. The Hall–Kier alpha value is -7.06. The molecule has 0 aliphatic rings. The van der Waals surface area contributed by atoms with Crippen molar-refractivity contribution in [2.75, 3.05) is 0 Å². The minimum absolute atomic E-state index is 0.529. The quantitative estimate of drug-likeness (QED) is 0.182. The molecule has 8 heteroatoms. The van der Waals surface area contributed by atoms with Crippen molar-refractivity contribution in [3.63, 3.8) is 0 Å². The average molecular weight is 645 g/mol. The molecule has 234 valence electrons. The lowest BCUT2D eigenvalue weighted by atomic mass is 10.0. The first-order chi connectivity index (χ1) is 24.7. The first kappa shape index (κ1) is 28.0. The van der Waals surface area contributed by atoms with Gasteiger partial charge >= 0.3 is 0 Å². The van der Waals surface area contributed by atoms with Crippen molar-refractivity contribution >= 4 is 44.1 Å². The molecule has 0 radical (unpaired) electrons. The average Bonchev–Trinajstić information content (AvgIpc) is 3.77. The molecule has 50 heavy (non-hydrogen) atoms. The van der Waals surface area contributed by atoms with Crippen LogP contribution in [0.2, 0.25) is 0 Å². The minimum Gasteiger partial charge on any atom is -0.456 e. The number of hydrogen-bond acceptors (Lipinski definition) is 8. The Morgan fingerprint density at radius 1 is 0.380 bits per heavy atom. The van der Waals surface area contributed by atoms with Gasteiger partial charge < -0.3 is 8.83 Å². The molecule has 0 saturated carbocycles. The number of pyridine rings is 2. The summed E-state index contributed by atoms with van der Waals surface area (Å²) in [6.45, 7) is 0. The van der Waals surface area contributed by atoms with Gasteiger partial charge in [-0.1, -0.05) is 91.0 Å². The second kappa shape index (κ2) is 11.3. The normalized spacial score (nSPS) is 11.6. The van der Waals surface area contributed by atoms with Crippen LogP contribution in [0.3, 0.4) is 0 Å². The highest BCUT2D eigenvalue weighted by Crippen LogP contribution is 2.36. The first-order valence-electron chi connectivity index (χ1n) is 16.2. The van der Waals surface area contributed by atoms with Gasteiger partial charge in [0, 0.05) is 57.0 Å². The molecular weight excluding hydrogens is 621 g/mol. The van der Waals surface area contributed by atoms with Crippen molar-refractivity contribution in [3.8, 4) is 56.7 Å². The van der Waals surface area contributed by atoms with Gasteiger partial charge in [-0.15, -0.1) is 0 Å². The third kappa shape index (κ3) is 4.70. The third-order valence-electron chi connectivity index (χ3n) is 8.89. The van der Waals surface area contributed by atoms with Gasteiger partial charge in [-0.25, -0.2) is 19.9 Å². The summed E-state index contributed by atoms with van der Waals surface area (Å²) in [5, 5.41) is 2.08. The van der Waals surface area contributed by atoms with Gasteiger partial charge in [-0.3, -0.25) is 9.97 Å². The van der Waals surface area contributed by atoms with E-state index >= 15 is 0 Å². The van der Waals surface area contributed by atoms with Crippen LogP contribution in [0.15, 0.2) is 155 Å². The summed E-state index contributed by atoms with van der Waals surface area (Å²) in [6, 6.07) is 43.8. The van der Waals surface area contributed by atoms with Crippen LogP contribution in [0.5, 0.6) is 0 Å². The number of furan rings is 1. The number of fused-ring (bicyclic) bond motifs is 5. The predicted molar refractivity (Wildman–Crippen MR) is 195 cm³/mol. The van der Waals surface area contributed by atoms with Crippen molar-refractivity contribution in [2.24, 2.45) is 0 Å². The van der Waals surface area contributed by atoms with E-state index < -0.39 is 0 Å². The van der Waals surface area contributed by atoms with Crippen LogP contribution in [0.25, 0.3) is 101 Å². The first-order valence-corrected chi connectivity index (χ1v) is 16.2. The van der Waals surface area contributed by atoms with E-state index in [1.807, 2.05) is 115 Å². The molecule has 0 N–H and O–H groups in total. The van der Waals surface area contributed by atoms with Crippen molar-refractivity contribution < 1.29 is 8.83 Å². The summed E-state index contributed by atoms with van der Waals surface area (Å²) >= 11 is 0. The second-order valence-corrected chi connectivity index (χ2v) is 12.0. The standard InChI is InChI=1S/C42H24N6O2/c1-3-9-26(10-4-1)39-46-40(27-11-5-2-6-12-27)48-41(47-39)31-20-22-43-37-29(19-21-44-38(31)37)25-15-17-28(18-16-25)42-45-33-23-32-30-13-7-8-14-34(30)49-35(32)24-36(33)50-42/h1-24H. The fourth-order valence-corrected chi connectivity index (χ4v) is 6.45. The van der Waals surface area contributed by atoms with Gasteiger partial charge in [0.05, 0.1) is 5.52 Å². The van der Waals surface area contributed by atoms with E-state index in [1.165, 1.54) is 0 Å². The number of hydrogen-bond donors (Lipinski definition) is 0. The van der Waals surface area contributed by atoms with Crippen LogP contribution in [0.1, 0.15) is 0 Å². The van der Waals surface area contributed by atoms with E-state index in [0.717, 1.165) is 66.4 Å². The largest absolute Gasteiger partial charge is 0.456 e. The van der Waals surface area contributed by atoms with E-state index in [0.29, 0.717) is 34.5 Å². The lowest BCUT2D eigenvalue weighted by Crippen LogP contribution is -2.01. The van der Waals surface area contributed by atoms with E-state index in [9.17, 15) is 0 Å². The van der Waals surface area contributed by atoms with E-state index in [-0.39, 0.29) is 0 Å². The summed E-state index contributed by atoms with van der Waals surface area (Å²) in [6.07, 6.45) is 3.58. The van der Waals surface area contributed by atoms with E-state index in [1.54, 1.807) is 12.4 Å². The highest BCUT2D eigenvalue weighted by molar-refractivity contribution is 6.09. The Labute approximate surface area is 284 Å². The Balaban J connectivity index is 1.04. The molecule has 0 saturated heterocycles. The van der Waals surface area contributed by atoms with Crippen LogP contribution < -0.4 is 0 Å². The number of oxazole rings is 1. The SMILES string of the molecule is c1ccc(-c2nc(-c3ccccc3)nc(-c3ccnc4c(-c5ccc(-c6nc7cc8c(cc7o6)oc6ccccc68)cc5)ccnc34)n2)cc1. The topological polar surface area (TPSA) is 104 Å². The molecule has 10 aromatic rings. The van der Waals surface area contributed by atoms with Crippen LogP contribution in [-0.4, -0.2) is 29.9 Å². The molecule has 0 amide bonds. The summed E-state index contributed by atoms with van der Waals surface area (Å²) in [5.74, 6) is 2.25. The van der Waals surface area contributed by atoms with Gasteiger partial charge in [-0.2, -0.15) is 0 Å². The minimum atomic E-state index is 0.529. The molecule has 0 atom stereocenters. The van der Waals surface area contributed by atoms with Gasteiger partial charge in [0.1, 0.15) is 22.2 Å². The van der Waals surface area contributed by atoms with Crippen molar-refractivity contribution in [1.82, 2.24) is 29.9 Å². The van der Waals surface area contributed by atoms with Crippen LogP contribution in [0, 0.1) is 0 Å². The van der Waals surface area contributed by atoms with Gasteiger partial charge in [0.2, 0.25) is 5.89 Å². The highest BCUT2D eigenvalue weighted by Gasteiger charge is 2.18. The Bertz CT molecular complexity index is 2810. The zero-order valence-electron chi connectivity index (χ0n) is 26.4. The third-order valence-corrected chi connectivity index (χ3v) is 8.89. The zero-order chi connectivity index (χ0) is 33.0. The van der Waals surface area contributed by atoms with Gasteiger partial charge in [0.15, 0.2) is 23.1 Å². The number of para-hydroxylation sites is 1. The Morgan fingerprint density at radius 3 is 1.70 bits per heavy atom. The molecule has 8 nitrogen and oxygen atoms in total. The molecule has 5 heterocycles. The summed E-state index contributed by atoms with van der Waals surface area (Å²) in [7, 11) is 0. The number of nitrogens with zero attached hydrogens (tertiary/aromatic N) is 6. The van der Waals surface area contributed by atoms with Gasteiger partial charge in [-0.05, 0) is 42.0 Å². The lowest BCUT2D eigenvalue weighted by molar-refractivity contribution is 0.617. The number of aromatic nitrogens is 6. The Morgan fingerprint density at radius 2 is 0.980 bits per heavy atom. The number of benzene rings is 5. The molecule has 0 fully saturated rings. The molecular formula is C42H24N6O2. The van der Waals surface area contributed by atoms with Gasteiger partial charge in [0.25, 0.3) is 0 Å². The summed E-state index contributed by atoms with van der Waals surface area (Å²) in [4.78, 5) is 29.1. The molecule has 10 rings (SSSR count). The summed E-state index contributed by atoms with van der Waals surface area (Å²) in [5.41, 5.74) is 9.90. The molecule has 0 spiro atoms. The van der Waals surface area contributed by atoms with Crippen molar-refractivity contribution in [3.05, 3.63) is 146 Å². The van der Waals surface area contributed by atoms with Crippen LogP contribution in [-0.2, 0) is 0 Å². The maximum atomic E-state index is 6.21. The second-order valence-electron chi connectivity index (χ2n) is 12.0. The Kier molecular flexibility index (Phi) is 6.32. The van der Waals surface area contributed by atoms with E-state index in [4.69, 9.17) is 38.7 Å². The van der Waals surface area contributed by atoms with Crippen molar-refractivity contribution in [2.45, 2.75) is 0 Å². The van der Waals surface area contributed by atoms with Crippen molar-refractivity contribution in [1.29, 1.82) is 0 Å². The molecule has 5 aromatic carbocycles. The van der Waals surface area contributed by atoms with E-state index in [2.05, 4.69) is 18.2 Å². The molecule has 0 bridgehead atoms. The smallest absolute Gasteiger partial charge is 0.227 e. The molecule has 0 aliphatic heterocycles. The zero-order valence-corrected chi connectivity index (χ0v) is 26.4. The maximum Gasteiger partial charge on any atom is 0.227 e. The van der Waals surface area contributed by atoms with Crippen LogP contribution in [0.4, 0.5) is 0 Å². The predicted octanol–water partition coefficient (Wildman–Crippen LogP) is 10.2. The van der Waals surface area contributed by atoms with Crippen LogP contribution >= 0.6 is 0 Å². The monoisotopic (exact) mass is 644 g/mol. The lowest BCUT2D eigenvalue weighted by Gasteiger charge is -2.11. The molecule has 5 aromatic heterocycles. The fraction of sp³-hybridized carbons (Fsp3) is 0. The fourth-order valence-electron chi connectivity index (χ4n) is 6.45. The molecule has 0 unspecified atom stereocenters. The maximum absolute atomic E-state index is 6.21.